The van der Waals surface area contributed by atoms with Gasteiger partial charge in [0.15, 0.2) is 0 Å². The highest BCUT2D eigenvalue weighted by Gasteiger charge is 2.40. The van der Waals surface area contributed by atoms with E-state index in [1.807, 2.05) is 0 Å². The Morgan fingerprint density at radius 2 is 1.93 bits per heavy atom. The fourth-order valence-electron chi connectivity index (χ4n) is 1.10. The molecule has 0 atom stereocenters. The van der Waals surface area contributed by atoms with Crippen LogP contribution in [-0.2, 0) is 11.2 Å². The van der Waals surface area contributed by atoms with Crippen LogP contribution >= 0.6 is 0 Å². The summed E-state index contributed by atoms with van der Waals surface area (Å²) in [6.07, 6.45) is -4.90. The van der Waals surface area contributed by atoms with Gasteiger partial charge in [-0.1, -0.05) is 0 Å². The van der Waals surface area contributed by atoms with Crippen molar-refractivity contribution in [2.24, 2.45) is 0 Å². The summed E-state index contributed by atoms with van der Waals surface area (Å²) in [6.45, 7) is 1.31. The van der Waals surface area contributed by atoms with Crippen LogP contribution in [0, 0.1) is 0 Å². The summed E-state index contributed by atoms with van der Waals surface area (Å²) in [4.78, 5) is 23.6. The molecule has 0 fully saturated rings. The van der Waals surface area contributed by atoms with E-state index in [1.165, 1.54) is 13.0 Å². The normalized spacial score (nSPS) is 11.5. The molecule has 0 spiro atoms. The number of Topliss-reactive ketones (excluding diaryl/α,β-unsaturated/α-hetero) is 2. The summed E-state index contributed by atoms with van der Waals surface area (Å²) in [6, 6.07) is 2.31. The molecule has 1 heterocycles. The van der Waals surface area contributed by atoms with Crippen LogP contribution in [0.3, 0.4) is 0 Å². The zero-order valence-electron chi connectivity index (χ0n) is 7.81. The first-order chi connectivity index (χ1) is 6.80. The first-order valence-electron chi connectivity index (χ1n) is 4.09. The van der Waals surface area contributed by atoms with Crippen LogP contribution in [0.5, 0.6) is 0 Å². The number of aromatic nitrogens is 1. The average Bonchev–Trinajstić information content (AvgIpc) is 2.48. The van der Waals surface area contributed by atoms with E-state index in [0.717, 1.165) is 6.07 Å². The third kappa shape index (κ3) is 2.93. The lowest BCUT2D eigenvalue weighted by atomic mass is 10.2. The number of nitrogens with one attached hydrogen (secondary N) is 1. The van der Waals surface area contributed by atoms with Crippen molar-refractivity contribution >= 4 is 11.6 Å². The molecule has 82 valence electrons. The third-order valence-corrected chi connectivity index (χ3v) is 1.69. The van der Waals surface area contributed by atoms with E-state index in [1.54, 1.807) is 0 Å². The first kappa shape index (κ1) is 11.5. The molecule has 0 aliphatic heterocycles. The molecular formula is C9H8F3NO2. The molecule has 0 unspecified atom stereocenters. The maximum absolute atomic E-state index is 12.0. The standard InChI is InChI=1S/C9H8F3NO2/c1-5(14)4-6-2-3-7(13-6)8(15)9(10,11)12/h2-3,13H,4H2,1H3. The van der Waals surface area contributed by atoms with Crippen LogP contribution in [0.1, 0.15) is 23.1 Å². The number of alkyl halides is 3. The molecule has 0 amide bonds. The number of H-pyrrole nitrogens is 1. The largest absolute Gasteiger partial charge is 0.456 e. The molecule has 0 bridgehead atoms. The van der Waals surface area contributed by atoms with Gasteiger partial charge in [0.25, 0.3) is 5.78 Å². The van der Waals surface area contributed by atoms with Crippen molar-refractivity contribution in [3.05, 3.63) is 23.5 Å². The molecule has 0 radical (unpaired) electrons. The van der Waals surface area contributed by atoms with Crippen LogP contribution in [0.2, 0.25) is 0 Å². The van der Waals surface area contributed by atoms with Crippen LogP contribution in [0.4, 0.5) is 13.2 Å². The van der Waals surface area contributed by atoms with Crippen molar-refractivity contribution in [2.75, 3.05) is 0 Å². The van der Waals surface area contributed by atoms with Crippen molar-refractivity contribution < 1.29 is 22.8 Å². The zero-order valence-corrected chi connectivity index (χ0v) is 7.81. The molecule has 1 N–H and O–H groups in total. The smallest absolute Gasteiger partial charge is 0.355 e. The summed E-state index contributed by atoms with van der Waals surface area (Å²) in [5.41, 5.74) is -0.242. The second-order valence-corrected chi connectivity index (χ2v) is 3.10. The third-order valence-electron chi connectivity index (χ3n) is 1.69. The summed E-state index contributed by atoms with van der Waals surface area (Å²) in [5, 5.41) is 0. The Bertz CT molecular complexity index is 392. The summed E-state index contributed by atoms with van der Waals surface area (Å²) in [7, 11) is 0. The number of hydrogen-bond donors (Lipinski definition) is 1. The number of aromatic amines is 1. The van der Waals surface area contributed by atoms with Crippen LogP contribution in [0.25, 0.3) is 0 Å². The SMILES string of the molecule is CC(=O)Cc1ccc(C(=O)C(F)(F)F)[nH]1. The number of carbonyl (C=O) groups is 2. The second kappa shape index (κ2) is 3.88. The minimum Gasteiger partial charge on any atom is -0.355 e. The summed E-state index contributed by atoms with van der Waals surface area (Å²) in [5.74, 6) is -2.12. The van der Waals surface area contributed by atoms with Crippen molar-refractivity contribution in [1.82, 2.24) is 4.98 Å². The highest BCUT2D eigenvalue weighted by molar-refractivity contribution is 5.98. The lowest BCUT2D eigenvalue weighted by Crippen LogP contribution is -2.23. The lowest BCUT2D eigenvalue weighted by molar-refractivity contribution is -0.116. The van der Waals surface area contributed by atoms with Crippen LogP contribution in [0.15, 0.2) is 12.1 Å². The fraction of sp³-hybridized carbons (Fsp3) is 0.333. The van der Waals surface area contributed by atoms with E-state index < -0.39 is 17.7 Å². The average molecular weight is 219 g/mol. The van der Waals surface area contributed by atoms with Gasteiger partial charge >= 0.3 is 6.18 Å². The quantitative estimate of drug-likeness (QED) is 0.789. The van der Waals surface area contributed by atoms with E-state index in [-0.39, 0.29) is 12.2 Å². The maximum atomic E-state index is 12.0. The topological polar surface area (TPSA) is 49.9 Å². The zero-order chi connectivity index (χ0) is 11.6. The summed E-state index contributed by atoms with van der Waals surface area (Å²) >= 11 is 0. The molecule has 15 heavy (non-hydrogen) atoms. The Morgan fingerprint density at radius 3 is 2.40 bits per heavy atom. The molecule has 0 aliphatic carbocycles. The predicted octanol–water partition coefficient (Wildman–Crippen LogP) is 1.89. The van der Waals surface area contributed by atoms with Gasteiger partial charge in [-0.2, -0.15) is 13.2 Å². The van der Waals surface area contributed by atoms with Gasteiger partial charge < -0.3 is 4.98 Å². The van der Waals surface area contributed by atoms with E-state index in [0.29, 0.717) is 5.69 Å². The van der Waals surface area contributed by atoms with Crippen LogP contribution < -0.4 is 0 Å². The molecule has 0 saturated carbocycles. The Kier molecular flexibility index (Phi) is 2.97. The molecule has 0 saturated heterocycles. The van der Waals surface area contributed by atoms with Gasteiger partial charge in [0.2, 0.25) is 0 Å². The molecule has 0 aliphatic rings. The Morgan fingerprint density at radius 1 is 1.33 bits per heavy atom. The molecule has 1 aromatic heterocycles. The van der Waals surface area contributed by atoms with Crippen LogP contribution in [-0.4, -0.2) is 22.7 Å². The van der Waals surface area contributed by atoms with Crippen molar-refractivity contribution in [1.29, 1.82) is 0 Å². The highest BCUT2D eigenvalue weighted by atomic mass is 19.4. The molecule has 1 aromatic rings. The van der Waals surface area contributed by atoms with Gasteiger partial charge in [-0.25, -0.2) is 0 Å². The van der Waals surface area contributed by atoms with E-state index in [4.69, 9.17) is 0 Å². The number of hydrogen-bond acceptors (Lipinski definition) is 2. The van der Waals surface area contributed by atoms with Gasteiger partial charge in [-0.15, -0.1) is 0 Å². The number of ketones is 2. The minimum absolute atomic E-state index is 0.00879. The first-order valence-corrected chi connectivity index (χ1v) is 4.09. The molecule has 1 rings (SSSR count). The minimum atomic E-state index is -4.89. The highest BCUT2D eigenvalue weighted by Crippen LogP contribution is 2.21. The van der Waals surface area contributed by atoms with E-state index in [9.17, 15) is 22.8 Å². The molecular weight excluding hydrogens is 211 g/mol. The molecule has 6 heteroatoms. The monoisotopic (exact) mass is 219 g/mol. The lowest BCUT2D eigenvalue weighted by Gasteiger charge is -2.02. The maximum Gasteiger partial charge on any atom is 0.456 e. The van der Waals surface area contributed by atoms with Gasteiger partial charge in [0.1, 0.15) is 5.78 Å². The van der Waals surface area contributed by atoms with Crippen molar-refractivity contribution in [3.63, 3.8) is 0 Å². The number of rotatable bonds is 3. The number of halogens is 3. The van der Waals surface area contributed by atoms with Crippen molar-refractivity contribution in [2.45, 2.75) is 19.5 Å². The van der Waals surface area contributed by atoms with Gasteiger partial charge in [0, 0.05) is 12.1 Å². The Balaban J connectivity index is 2.85. The van der Waals surface area contributed by atoms with Crippen molar-refractivity contribution in [3.8, 4) is 0 Å². The predicted molar refractivity (Wildman–Crippen MR) is 45.6 cm³/mol. The second-order valence-electron chi connectivity index (χ2n) is 3.10. The van der Waals surface area contributed by atoms with Gasteiger partial charge in [0.05, 0.1) is 5.69 Å². The molecule has 3 nitrogen and oxygen atoms in total. The van der Waals surface area contributed by atoms with Gasteiger partial charge in [-0.3, -0.25) is 9.59 Å². The van der Waals surface area contributed by atoms with E-state index in [2.05, 4.69) is 4.98 Å². The fourth-order valence-corrected chi connectivity index (χ4v) is 1.10. The Hall–Kier alpha value is -1.59. The number of carbonyl (C=O) groups excluding carboxylic acids is 2. The molecule has 0 aromatic carbocycles. The van der Waals surface area contributed by atoms with E-state index >= 15 is 0 Å². The summed E-state index contributed by atoms with van der Waals surface area (Å²) < 4.78 is 35.9. The Labute approximate surface area is 83.3 Å². The van der Waals surface area contributed by atoms with Gasteiger partial charge in [-0.05, 0) is 19.1 Å².